The summed E-state index contributed by atoms with van der Waals surface area (Å²) in [5.41, 5.74) is 6.92. The first-order chi connectivity index (χ1) is 17.9. The summed E-state index contributed by atoms with van der Waals surface area (Å²) in [4.78, 5) is 24.5. The Bertz CT molecular complexity index is 1400. The summed E-state index contributed by atoms with van der Waals surface area (Å²) in [7, 11) is 0. The molecule has 0 bridgehead atoms. The number of aromatic carboxylic acids is 1. The number of aryl methyl sites for hydroxylation is 1. The highest BCUT2D eigenvalue weighted by Crippen LogP contribution is 2.49. The standard InChI is InChI=1S/C33H37NO4/c1-21-6-8-22(9-7-21)14-17-34-27-20-24(19-26-30(27)33(4,5)16-15-32(26,2)3)28(35)13-11-23-10-12-25(31(37)38)29(36)18-23/h6-13,18-20,34,36H,14-17H2,1-5H3,(H,37,38). The number of phenols is 1. The molecule has 3 N–H and O–H groups in total. The molecule has 0 saturated heterocycles. The van der Waals surface area contributed by atoms with Gasteiger partial charge in [0.15, 0.2) is 5.78 Å². The van der Waals surface area contributed by atoms with Crippen LogP contribution in [-0.4, -0.2) is 28.5 Å². The summed E-state index contributed by atoms with van der Waals surface area (Å²) in [6.07, 6.45) is 6.08. The number of carbonyl (C=O) groups is 2. The number of rotatable bonds is 8. The molecule has 0 atom stereocenters. The van der Waals surface area contributed by atoms with Gasteiger partial charge in [0.25, 0.3) is 0 Å². The first kappa shape index (κ1) is 27.2. The van der Waals surface area contributed by atoms with E-state index in [9.17, 15) is 14.7 Å². The van der Waals surface area contributed by atoms with Gasteiger partial charge in [0.1, 0.15) is 11.3 Å². The van der Waals surface area contributed by atoms with Crippen LogP contribution in [-0.2, 0) is 17.3 Å². The van der Waals surface area contributed by atoms with Gasteiger partial charge < -0.3 is 15.5 Å². The van der Waals surface area contributed by atoms with Crippen LogP contribution in [0, 0.1) is 6.92 Å². The van der Waals surface area contributed by atoms with Gasteiger partial charge in [0, 0.05) is 17.8 Å². The average molecular weight is 512 g/mol. The van der Waals surface area contributed by atoms with E-state index in [0.29, 0.717) is 11.1 Å². The van der Waals surface area contributed by atoms with Crippen molar-refractivity contribution in [3.05, 3.63) is 99.6 Å². The highest BCUT2D eigenvalue weighted by molar-refractivity contribution is 6.07. The van der Waals surface area contributed by atoms with Gasteiger partial charge in [-0.1, -0.05) is 69.7 Å². The SMILES string of the molecule is Cc1ccc(CCNc2cc(C(=O)C=Cc3ccc(C(=O)O)c(O)c3)cc3c2C(C)(C)CCC3(C)C)cc1. The van der Waals surface area contributed by atoms with Crippen molar-refractivity contribution in [2.75, 3.05) is 11.9 Å². The minimum absolute atomic E-state index is 0.0160. The number of hydrogen-bond donors (Lipinski definition) is 3. The van der Waals surface area contributed by atoms with E-state index in [1.54, 1.807) is 12.1 Å². The van der Waals surface area contributed by atoms with Gasteiger partial charge in [0.05, 0.1) is 0 Å². The van der Waals surface area contributed by atoms with Crippen LogP contribution in [0.25, 0.3) is 6.08 Å². The lowest BCUT2D eigenvalue weighted by Gasteiger charge is -2.43. The van der Waals surface area contributed by atoms with Crippen molar-refractivity contribution in [1.82, 2.24) is 0 Å². The van der Waals surface area contributed by atoms with E-state index in [2.05, 4.69) is 64.2 Å². The quantitative estimate of drug-likeness (QED) is 0.218. The molecule has 198 valence electrons. The van der Waals surface area contributed by atoms with E-state index < -0.39 is 5.97 Å². The van der Waals surface area contributed by atoms with Gasteiger partial charge in [0.2, 0.25) is 0 Å². The van der Waals surface area contributed by atoms with Crippen LogP contribution in [0.5, 0.6) is 5.75 Å². The number of ketones is 1. The fraction of sp³-hybridized carbons (Fsp3) is 0.333. The second kappa shape index (κ2) is 10.5. The average Bonchev–Trinajstić information content (AvgIpc) is 2.86. The van der Waals surface area contributed by atoms with Crippen LogP contribution in [0.1, 0.15) is 89.1 Å². The monoisotopic (exact) mass is 511 g/mol. The Morgan fingerprint density at radius 2 is 1.63 bits per heavy atom. The number of anilines is 1. The number of benzene rings is 3. The van der Waals surface area contributed by atoms with Gasteiger partial charge >= 0.3 is 5.97 Å². The number of carboxylic acid groups (broad SMARTS) is 1. The van der Waals surface area contributed by atoms with Crippen molar-refractivity contribution in [3.8, 4) is 5.75 Å². The molecule has 0 amide bonds. The predicted molar refractivity (Wildman–Crippen MR) is 154 cm³/mol. The van der Waals surface area contributed by atoms with Crippen LogP contribution < -0.4 is 5.32 Å². The lowest BCUT2D eigenvalue weighted by atomic mass is 9.62. The number of fused-ring (bicyclic) bond motifs is 1. The summed E-state index contributed by atoms with van der Waals surface area (Å²) in [6.45, 7) is 11.9. The van der Waals surface area contributed by atoms with Crippen molar-refractivity contribution in [3.63, 3.8) is 0 Å². The molecule has 0 radical (unpaired) electrons. The first-order valence-electron chi connectivity index (χ1n) is 13.1. The number of allylic oxidation sites excluding steroid dienone is 1. The highest BCUT2D eigenvalue weighted by Gasteiger charge is 2.39. The van der Waals surface area contributed by atoms with Crippen molar-refractivity contribution >= 4 is 23.5 Å². The zero-order chi connectivity index (χ0) is 27.7. The zero-order valence-electron chi connectivity index (χ0n) is 22.9. The van der Waals surface area contributed by atoms with Crippen molar-refractivity contribution in [2.24, 2.45) is 0 Å². The van der Waals surface area contributed by atoms with Crippen molar-refractivity contribution in [1.29, 1.82) is 0 Å². The molecule has 4 rings (SSSR count). The molecule has 0 heterocycles. The number of aromatic hydroxyl groups is 1. The summed E-state index contributed by atoms with van der Waals surface area (Å²) in [6, 6.07) is 16.8. The largest absolute Gasteiger partial charge is 0.507 e. The minimum Gasteiger partial charge on any atom is -0.507 e. The van der Waals surface area contributed by atoms with E-state index in [0.717, 1.165) is 31.5 Å². The van der Waals surface area contributed by atoms with Gasteiger partial charge in [-0.2, -0.15) is 0 Å². The Kier molecular flexibility index (Phi) is 7.50. The van der Waals surface area contributed by atoms with Gasteiger partial charge in [-0.25, -0.2) is 4.79 Å². The Labute approximate surface area is 225 Å². The van der Waals surface area contributed by atoms with E-state index in [4.69, 9.17) is 5.11 Å². The summed E-state index contributed by atoms with van der Waals surface area (Å²) >= 11 is 0. The second-order valence-electron chi connectivity index (χ2n) is 11.7. The fourth-order valence-electron chi connectivity index (χ4n) is 5.27. The van der Waals surface area contributed by atoms with Crippen LogP contribution >= 0.6 is 0 Å². The van der Waals surface area contributed by atoms with Crippen LogP contribution in [0.2, 0.25) is 0 Å². The van der Waals surface area contributed by atoms with E-state index >= 15 is 0 Å². The predicted octanol–water partition coefficient (Wildman–Crippen LogP) is 7.30. The molecule has 1 aliphatic carbocycles. The van der Waals surface area contributed by atoms with Crippen molar-refractivity contribution < 1.29 is 19.8 Å². The molecule has 38 heavy (non-hydrogen) atoms. The highest BCUT2D eigenvalue weighted by atomic mass is 16.4. The van der Waals surface area contributed by atoms with E-state index in [-0.39, 0.29) is 27.9 Å². The Balaban J connectivity index is 1.66. The zero-order valence-corrected chi connectivity index (χ0v) is 22.9. The normalized spacial score (nSPS) is 15.7. The molecule has 0 fully saturated rings. The summed E-state index contributed by atoms with van der Waals surface area (Å²) in [5.74, 6) is -1.67. The van der Waals surface area contributed by atoms with Crippen LogP contribution in [0.15, 0.2) is 60.7 Å². The smallest absolute Gasteiger partial charge is 0.339 e. The minimum atomic E-state index is -1.20. The lowest BCUT2D eigenvalue weighted by Crippen LogP contribution is -2.35. The Morgan fingerprint density at radius 1 is 0.947 bits per heavy atom. The molecule has 0 aliphatic heterocycles. The molecule has 0 saturated carbocycles. The molecule has 5 nitrogen and oxygen atoms in total. The Hall–Kier alpha value is -3.86. The topological polar surface area (TPSA) is 86.6 Å². The lowest BCUT2D eigenvalue weighted by molar-refractivity contribution is 0.0693. The molecule has 5 heteroatoms. The van der Waals surface area contributed by atoms with Crippen LogP contribution in [0.4, 0.5) is 5.69 Å². The fourth-order valence-corrected chi connectivity index (χ4v) is 5.27. The molecule has 1 aliphatic rings. The third kappa shape index (κ3) is 5.83. The first-order valence-corrected chi connectivity index (χ1v) is 13.1. The Morgan fingerprint density at radius 3 is 2.29 bits per heavy atom. The third-order valence-electron chi connectivity index (χ3n) is 7.73. The molecule has 0 spiro atoms. The molecule has 3 aromatic rings. The van der Waals surface area contributed by atoms with Crippen molar-refractivity contribution in [2.45, 2.75) is 64.7 Å². The number of nitrogens with one attached hydrogen (secondary N) is 1. The number of carbonyl (C=O) groups excluding carboxylic acids is 1. The maximum Gasteiger partial charge on any atom is 0.339 e. The van der Waals surface area contributed by atoms with Gasteiger partial charge in [-0.05, 0) is 89.6 Å². The summed E-state index contributed by atoms with van der Waals surface area (Å²) in [5, 5.41) is 22.8. The van der Waals surface area contributed by atoms with Crippen LogP contribution in [0.3, 0.4) is 0 Å². The molecule has 3 aromatic carbocycles. The number of carboxylic acids is 1. The molecular formula is C33H37NO4. The third-order valence-corrected chi connectivity index (χ3v) is 7.73. The second-order valence-corrected chi connectivity index (χ2v) is 11.7. The summed E-state index contributed by atoms with van der Waals surface area (Å²) < 4.78 is 0. The van der Waals surface area contributed by atoms with E-state index in [1.165, 1.54) is 40.5 Å². The maximum absolute atomic E-state index is 13.3. The maximum atomic E-state index is 13.3. The van der Waals surface area contributed by atoms with Gasteiger partial charge in [-0.15, -0.1) is 0 Å². The number of hydrogen-bond acceptors (Lipinski definition) is 4. The molecular weight excluding hydrogens is 474 g/mol. The van der Waals surface area contributed by atoms with Gasteiger partial charge in [-0.3, -0.25) is 4.79 Å². The molecule has 0 aromatic heterocycles. The molecule has 0 unspecified atom stereocenters. The van der Waals surface area contributed by atoms with E-state index in [1.807, 2.05) is 12.1 Å².